The molecule has 0 N–H and O–H groups in total. The van der Waals surface area contributed by atoms with Crippen molar-refractivity contribution in [3.63, 3.8) is 0 Å². The molecule has 31 heavy (non-hydrogen) atoms. The van der Waals surface area contributed by atoms with Crippen LogP contribution in [-0.2, 0) is 16.1 Å². The lowest BCUT2D eigenvalue weighted by atomic mass is 10.1. The Kier molecular flexibility index (Phi) is 4.51. The Labute approximate surface area is 180 Å². The van der Waals surface area contributed by atoms with Crippen LogP contribution in [0.1, 0.15) is 11.5 Å². The first-order valence-corrected chi connectivity index (χ1v) is 9.70. The smallest absolute Gasteiger partial charge is 0.263 e. The molecular weight excluding hydrogens is 427 g/mol. The SMILES string of the molecule is Cc1ccc(-c2noc(CN3N=N[C@H]4C(=O)N(c5ccc(F)c(Cl)c5)C(=O)[C@@H]43)n2)cc1. The number of aromatic nitrogens is 2. The molecule has 1 fully saturated rings. The minimum Gasteiger partial charge on any atom is -0.337 e. The Morgan fingerprint density at radius 3 is 2.65 bits per heavy atom. The molecule has 1 saturated heterocycles. The molecule has 0 saturated carbocycles. The van der Waals surface area contributed by atoms with Gasteiger partial charge in [-0.05, 0) is 25.1 Å². The number of rotatable bonds is 4. The molecule has 0 unspecified atom stereocenters. The van der Waals surface area contributed by atoms with Gasteiger partial charge in [-0.2, -0.15) is 10.1 Å². The Morgan fingerprint density at radius 2 is 1.90 bits per heavy atom. The van der Waals surface area contributed by atoms with Crippen molar-refractivity contribution in [2.45, 2.75) is 25.6 Å². The second-order valence-corrected chi connectivity index (χ2v) is 7.59. The Hall–Kier alpha value is -3.66. The molecule has 0 spiro atoms. The second-order valence-electron chi connectivity index (χ2n) is 7.18. The standard InChI is InChI=1S/C20H14ClFN6O3/c1-10-2-4-11(5-3-10)18-23-15(31-25-18)9-27-17-16(24-26-27)19(29)28(20(17)30)12-6-7-14(22)13(21)8-12/h2-8,16-17H,9H2,1H3/t16-,17-/m1/s1. The average Bonchev–Trinajstić information content (AvgIpc) is 3.44. The fourth-order valence-corrected chi connectivity index (χ4v) is 3.68. The number of hydrogen-bond donors (Lipinski definition) is 0. The van der Waals surface area contributed by atoms with Crippen molar-refractivity contribution in [3.8, 4) is 11.4 Å². The molecule has 2 aliphatic heterocycles. The maximum Gasteiger partial charge on any atom is 0.263 e. The maximum atomic E-state index is 13.5. The van der Waals surface area contributed by atoms with Crippen molar-refractivity contribution in [1.29, 1.82) is 0 Å². The molecular formula is C20H14ClFN6O3. The third-order valence-electron chi connectivity index (χ3n) is 5.09. The number of imide groups is 1. The summed E-state index contributed by atoms with van der Waals surface area (Å²) in [4.78, 5) is 31.0. The van der Waals surface area contributed by atoms with E-state index in [1.54, 1.807) is 0 Å². The molecule has 0 aliphatic carbocycles. The van der Waals surface area contributed by atoms with E-state index in [4.69, 9.17) is 16.1 Å². The Balaban J connectivity index is 1.36. The van der Waals surface area contributed by atoms with Crippen LogP contribution in [-0.4, -0.2) is 39.0 Å². The maximum absolute atomic E-state index is 13.5. The van der Waals surface area contributed by atoms with Crippen molar-refractivity contribution in [1.82, 2.24) is 15.1 Å². The van der Waals surface area contributed by atoms with Crippen LogP contribution in [0.15, 0.2) is 57.3 Å². The third kappa shape index (κ3) is 3.25. The Morgan fingerprint density at radius 1 is 1.13 bits per heavy atom. The largest absolute Gasteiger partial charge is 0.337 e. The van der Waals surface area contributed by atoms with Crippen LogP contribution in [0, 0.1) is 12.7 Å². The summed E-state index contributed by atoms with van der Waals surface area (Å²) in [5.74, 6) is -1.12. The Bertz CT molecular complexity index is 1230. The number of amides is 2. The zero-order valence-electron chi connectivity index (χ0n) is 16.1. The monoisotopic (exact) mass is 440 g/mol. The van der Waals surface area contributed by atoms with Gasteiger partial charge in [0.25, 0.3) is 11.8 Å². The number of anilines is 1. The van der Waals surface area contributed by atoms with Crippen molar-refractivity contribution in [3.05, 3.63) is 64.8 Å². The van der Waals surface area contributed by atoms with E-state index in [-0.39, 0.29) is 23.1 Å². The zero-order chi connectivity index (χ0) is 21.7. The number of hydrogen-bond acceptors (Lipinski definition) is 8. The summed E-state index contributed by atoms with van der Waals surface area (Å²) in [7, 11) is 0. The lowest BCUT2D eigenvalue weighted by Crippen LogP contribution is -2.39. The van der Waals surface area contributed by atoms with Gasteiger partial charge in [-0.1, -0.05) is 51.8 Å². The molecule has 1 aromatic heterocycles. The van der Waals surface area contributed by atoms with Crippen LogP contribution < -0.4 is 4.90 Å². The summed E-state index contributed by atoms with van der Waals surface area (Å²) < 4.78 is 18.8. The van der Waals surface area contributed by atoms with E-state index >= 15 is 0 Å². The number of nitrogens with zero attached hydrogens (tertiary/aromatic N) is 6. The zero-order valence-corrected chi connectivity index (χ0v) is 16.8. The van der Waals surface area contributed by atoms with Gasteiger partial charge >= 0.3 is 0 Å². The molecule has 156 valence electrons. The van der Waals surface area contributed by atoms with Gasteiger partial charge in [0.05, 0.1) is 10.7 Å². The molecule has 0 radical (unpaired) electrons. The number of benzene rings is 2. The van der Waals surface area contributed by atoms with Crippen LogP contribution in [0.5, 0.6) is 0 Å². The van der Waals surface area contributed by atoms with E-state index in [9.17, 15) is 14.0 Å². The summed E-state index contributed by atoms with van der Waals surface area (Å²) in [6.45, 7) is 1.98. The average molecular weight is 441 g/mol. The van der Waals surface area contributed by atoms with Gasteiger partial charge in [0, 0.05) is 5.56 Å². The van der Waals surface area contributed by atoms with Crippen LogP contribution in [0.25, 0.3) is 11.4 Å². The number of carbonyl (C=O) groups excluding carboxylic acids is 2. The van der Waals surface area contributed by atoms with Crippen LogP contribution in [0.2, 0.25) is 5.02 Å². The molecule has 2 aliphatic rings. The number of aryl methyl sites for hydroxylation is 1. The summed E-state index contributed by atoms with van der Waals surface area (Å²) in [5.41, 5.74) is 2.06. The van der Waals surface area contributed by atoms with Gasteiger partial charge in [0.15, 0.2) is 12.1 Å². The lowest BCUT2D eigenvalue weighted by Gasteiger charge is -2.19. The topological polar surface area (TPSA) is 104 Å². The summed E-state index contributed by atoms with van der Waals surface area (Å²) >= 11 is 5.80. The number of halogens is 2. The van der Waals surface area contributed by atoms with Crippen molar-refractivity contribution >= 4 is 29.1 Å². The van der Waals surface area contributed by atoms with Crippen LogP contribution in [0.4, 0.5) is 10.1 Å². The molecule has 3 heterocycles. The van der Waals surface area contributed by atoms with Gasteiger partial charge in [-0.3, -0.25) is 14.6 Å². The fraction of sp³-hybridized carbons (Fsp3) is 0.200. The number of carbonyl (C=O) groups is 2. The highest BCUT2D eigenvalue weighted by atomic mass is 35.5. The first-order chi connectivity index (χ1) is 14.9. The van der Waals surface area contributed by atoms with E-state index in [0.717, 1.165) is 22.1 Å². The van der Waals surface area contributed by atoms with E-state index in [1.807, 2.05) is 31.2 Å². The normalized spacial score (nSPS) is 20.1. The van der Waals surface area contributed by atoms with E-state index < -0.39 is 29.7 Å². The highest BCUT2D eigenvalue weighted by Crippen LogP contribution is 2.34. The van der Waals surface area contributed by atoms with Gasteiger partial charge in [0.1, 0.15) is 12.4 Å². The first kappa shape index (κ1) is 19.3. The van der Waals surface area contributed by atoms with E-state index in [1.165, 1.54) is 17.1 Å². The van der Waals surface area contributed by atoms with Crippen LogP contribution in [0.3, 0.4) is 0 Å². The summed E-state index contributed by atoms with van der Waals surface area (Å²) in [5, 5.41) is 13.0. The van der Waals surface area contributed by atoms with Gasteiger partial charge in [-0.15, -0.1) is 0 Å². The van der Waals surface area contributed by atoms with E-state index in [0.29, 0.717) is 5.82 Å². The summed E-state index contributed by atoms with van der Waals surface area (Å²) in [6.07, 6.45) is 0. The summed E-state index contributed by atoms with van der Waals surface area (Å²) in [6, 6.07) is 9.29. The van der Waals surface area contributed by atoms with Crippen molar-refractivity contribution in [2.24, 2.45) is 10.3 Å². The molecule has 3 aromatic rings. The quantitative estimate of drug-likeness (QED) is 0.576. The van der Waals surface area contributed by atoms with E-state index in [2.05, 4.69) is 20.5 Å². The highest BCUT2D eigenvalue weighted by molar-refractivity contribution is 6.32. The second kappa shape index (κ2) is 7.24. The third-order valence-corrected chi connectivity index (χ3v) is 5.38. The first-order valence-electron chi connectivity index (χ1n) is 9.32. The predicted octanol–water partition coefficient (Wildman–Crippen LogP) is 3.33. The minimum atomic E-state index is -1.00. The molecule has 11 heteroatoms. The fourth-order valence-electron chi connectivity index (χ4n) is 3.51. The predicted molar refractivity (Wildman–Crippen MR) is 106 cm³/mol. The number of fused-ring (bicyclic) bond motifs is 1. The van der Waals surface area contributed by atoms with Crippen molar-refractivity contribution in [2.75, 3.05) is 4.90 Å². The highest BCUT2D eigenvalue weighted by Gasteiger charge is 2.55. The molecule has 2 amide bonds. The van der Waals surface area contributed by atoms with Crippen LogP contribution >= 0.6 is 11.6 Å². The van der Waals surface area contributed by atoms with Crippen molar-refractivity contribution < 1.29 is 18.5 Å². The molecule has 5 rings (SSSR count). The van der Waals surface area contributed by atoms with Gasteiger partial charge in [-0.25, -0.2) is 9.29 Å². The lowest BCUT2D eigenvalue weighted by molar-refractivity contribution is -0.123. The van der Waals surface area contributed by atoms with Gasteiger partial charge in [0.2, 0.25) is 11.7 Å². The molecule has 2 atom stereocenters. The van der Waals surface area contributed by atoms with Gasteiger partial charge < -0.3 is 4.52 Å². The molecule has 9 nitrogen and oxygen atoms in total. The molecule has 0 bridgehead atoms. The molecule has 2 aromatic carbocycles. The minimum absolute atomic E-state index is 0.000558.